The molecule has 2 N–H and O–H groups in total. The third-order valence-corrected chi connectivity index (χ3v) is 2.99. The first-order chi connectivity index (χ1) is 8.03. The highest BCUT2D eigenvalue weighted by atomic mass is 16.5. The summed E-state index contributed by atoms with van der Waals surface area (Å²) in [5.41, 5.74) is 7.42. The Kier molecular flexibility index (Phi) is 3.31. The molecule has 0 unspecified atom stereocenters. The minimum absolute atomic E-state index is 0.0715. The van der Waals surface area contributed by atoms with Crippen molar-refractivity contribution in [2.75, 3.05) is 24.7 Å². The van der Waals surface area contributed by atoms with Gasteiger partial charge in [0, 0.05) is 18.8 Å². The van der Waals surface area contributed by atoms with Crippen molar-refractivity contribution in [2.24, 2.45) is 5.73 Å². The summed E-state index contributed by atoms with van der Waals surface area (Å²) in [6, 6.07) is 1.93. The van der Waals surface area contributed by atoms with Crippen molar-refractivity contribution in [1.82, 2.24) is 9.97 Å². The number of ether oxygens (including phenoxy) is 1. The number of aromatic nitrogens is 2. The molecular formula is C12H20N4O. The lowest BCUT2D eigenvalue weighted by Crippen LogP contribution is -2.54. The fraction of sp³-hybridized carbons (Fsp3) is 0.667. The SMILES string of the molecule is Cc1cc(CN)nc(N2CCOCC2(C)C)n1. The van der Waals surface area contributed by atoms with Crippen molar-refractivity contribution in [3.05, 3.63) is 17.5 Å². The van der Waals surface area contributed by atoms with E-state index in [9.17, 15) is 0 Å². The summed E-state index contributed by atoms with van der Waals surface area (Å²) < 4.78 is 5.50. The standard InChI is InChI=1S/C12H20N4O/c1-9-6-10(7-13)15-11(14-9)16-4-5-17-8-12(16,2)3/h6H,4-5,7-8,13H2,1-3H3. The van der Waals surface area contributed by atoms with Gasteiger partial charge in [-0.15, -0.1) is 0 Å². The molecule has 2 heterocycles. The van der Waals surface area contributed by atoms with Crippen LogP contribution >= 0.6 is 0 Å². The average molecular weight is 236 g/mol. The number of nitrogens with two attached hydrogens (primary N) is 1. The lowest BCUT2D eigenvalue weighted by atomic mass is 10.0. The third-order valence-electron chi connectivity index (χ3n) is 2.99. The van der Waals surface area contributed by atoms with Gasteiger partial charge in [-0.05, 0) is 26.8 Å². The summed E-state index contributed by atoms with van der Waals surface area (Å²) in [5.74, 6) is 0.763. The van der Waals surface area contributed by atoms with Crippen LogP contribution in [0.2, 0.25) is 0 Å². The van der Waals surface area contributed by atoms with Crippen LogP contribution in [0.15, 0.2) is 6.07 Å². The number of rotatable bonds is 2. The van der Waals surface area contributed by atoms with E-state index < -0.39 is 0 Å². The molecule has 0 spiro atoms. The predicted octanol–water partition coefficient (Wildman–Crippen LogP) is 0.859. The van der Waals surface area contributed by atoms with E-state index in [2.05, 4.69) is 28.7 Å². The van der Waals surface area contributed by atoms with Gasteiger partial charge in [0.25, 0.3) is 0 Å². The van der Waals surface area contributed by atoms with E-state index in [1.165, 1.54) is 0 Å². The average Bonchev–Trinajstić information content (AvgIpc) is 2.27. The van der Waals surface area contributed by atoms with Gasteiger partial charge in [0.2, 0.25) is 5.95 Å². The molecule has 0 atom stereocenters. The second-order valence-electron chi connectivity index (χ2n) is 5.02. The molecule has 0 radical (unpaired) electrons. The molecule has 1 aliphatic heterocycles. The molecule has 0 bridgehead atoms. The number of hydrogen-bond donors (Lipinski definition) is 1. The Hall–Kier alpha value is -1.20. The van der Waals surface area contributed by atoms with Gasteiger partial charge in [-0.1, -0.05) is 0 Å². The van der Waals surface area contributed by atoms with E-state index in [1.54, 1.807) is 0 Å². The highest BCUT2D eigenvalue weighted by Gasteiger charge is 2.32. The Morgan fingerprint density at radius 3 is 2.88 bits per heavy atom. The molecule has 0 saturated carbocycles. The Bertz CT molecular complexity index is 405. The van der Waals surface area contributed by atoms with Crippen molar-refractivity contribution < 1.29 is 4.74 Å². The van der Waals surface area contributed by atoms with Crippen LogP contribution in [-0.2, 0) is 11.3 Å². The first kappa shape index (κ1) is 12.3. The van der Waals surface area contributed by atoms with Crippen molar-refractivity contribution in [3.8, 4) is 0 Å². The van der Waals surface area contributed by atoms with Crippen molar-refractivity contribution in [2.45, 2.75) is 32.9 Å². The molecule has 0 amide bonds. The van der Waals surface area contributed by atoms with E-state index in [-0.39, 0.29) is 5.54 Å². The Labute approximate surface area is 102 Å². The fourth-order valence-electron chi connectivity index (χ4n) is 2.07. The largest absolute Gasteiger partial charge is 0.377 e. The van der Waals surface area contributed by atoms with Crippen LogP contribution in [-0.4, -0.2) is 35.3 Å². The molecule has 1 fully saturated rings. The maximum Gasteiger partial charge on any atom is 0.226 e. The van der Waals surface area contributed by atoms with Crippen LogP contribution < -0.4 is 10.6 Å². The summed E-state index contributed by atoms with van der Waals surface area (Å²) >= 11 is 0. The van der Waals surface area contributed by atoms with Gasteiger partial charge in [-0.2, -0.15) is 0 Å². The predicted molar refractivity (Wildman–Crippen MR) is 66.9 cm³/mol. The van der Waals surface area contributed by atoms with Gasteiger partial charge in [-0.25, -0.2) is 9.97 Å². The first-order valence-electron chi connectivity index (χ1n) is 5.93. The second-order valence-corrected chi connectivity index (χ2v) is 5.02. The zero-order valence-electron chi connectivity index (χ0n) is 10.7. The van der Waals surface area contributed by atoms with Crippen molar-refractivity contribution in [3.63, 3.8) is 0 Å². The first-order valence-corrected chi connectivity index (χ1v) is 5.93. The molecule has 1 aliphatic rings. The molecule has 94 valence electrons. The van der Waals surface area contributed by atoms with Gasteiger partial charge in [0.05, 0.1) is 24.4 Å². The zero-order valence-corrected chi connectivity index (χ0v) is 10.7. The van der Waals surface area contributed by atoms with Crippen LogP contribution in [0, 0.1) is 6.92 Å². The number of nitrogens with zero attached hydrogens (tertiary/aromatic N) is 3. The number of hydrogen-bond acceptors (Lipinski definition) is 5. The topological polar surface area (TPSA) is 64.3 Å². The second kappa shape index (κ2) is 4.58. The summed E-state index contributed by atoms with van der Waals surface area (Å²) in [6.45, 7) is 8.93. The lowest BCUT2D eigenvalue weighted by molar-refractivity contribution is 0.0633. The lowest BCUT2D eigenvalue weighted by Gasteiger charge is -2.42. The summed E-state index contributed by atoms with van der Waals surface area (Å²) in [4.78, 5) is 11.2. The van der Waals surface area contributed by atoms with Crippen LogP contribution in [0.25, 0.3) is 0 Å². The third kappa shape index (κ3) is 2.56. The summed E-state index contributed by atoms with van der Waals surface area (Å²) in [6.07, 6.45) is 0. The molecule has 2 rings (SSSR count). The number of anilines is 1. The van der Waals surface area contributed by atoms with Crippen LogP contribution in [0.4, 0.5) is 5.95 Å². The monoisotopic (exact) mass is 236 g/mol. The zero-order chi connectivity index (χ0) is 12.5. The van der Waals surface area contributed by atoms with E-state index in [4.69, 9.17) is 10.5 Å². The Morgan fingerprint density at radius 1 is 1.47 bits per heavy atom. The van der Waals surface area contributed by atoms with Crippen molar-refractivity contribution in [1.29, 1.82) is 0 Å². The number of aryl methyl sites for hydroxylation is 1. The Balaban J connectivity index is 2.35. The van der Waals surface area contributed by atoms with Crippen LogP contribution in [0.5, 0.6) is 0 Å². The highest BCUT2D eigenvalue weighted by molar-refractivity contribution is 5.37. The van der Waals surface area contributed by atoms with E-state index in [1.807, 2.05) is 13.0 Å². The molecule has 5 heteroatoms. The Morgan fingerprint density at radius 2 is 2.24 bits per heavy atom. The fourth-order valence-corrected chi connectivity index (χ4v) is 2.07. The van der Waals surface area contributed by atoms with E-state index in [0.29, 0.717) is 13.2 Å². The molecule has 1 aromatic rings. The minimum atomic E-state index is -0.0715. The van der Waals surface area contributed by atoms with Gasteiger partial charge >= 0.3 is 0 Å². The quantitative estimate of drug-likeness (QED) is 0.825. The maximum absolute atomic E-state index is 5.65. The van der Waals surface area contributed by atoms with Gasteiger partial charge in [0.15, 0.2) is 0 Å². The van der Waals surface area contributed by atoms with Crippen molar-refractivity contribution >= 4 is 5.95 Å². The highest BCUT2D eigenvalue weighted by Crippen LogP contribution is 2.24. The maximum atomic E-state index is 5.65. The van der Waals surface area contributed by atoms with Crippen LogP contribution in [0.3, 0.4) is 0 Å². The molecule has 0 aliphatic carbocycles. The molecular weight excluding hydrogens is 216 g/mol. The van der Waals surface area contributed by atoms with E-state index >= 15 is 0 Å². The van der Waals surface area contributed by atoms with Crippen LogP contribution in [0.1, 0.15) is 25.2 Å². The normalized spacial score (nSPS) is 19.4. The van der Waals surface area contributed by atoms with Gasteiger partial charge in [-0.3, -0.25) is 0 Å². The molecule has 17 heavy (non-hydrogen) atoms. The molecule has 0 aromatic carbocycles. The van der Waals surface area contributed by atoms with E-state index in [0.717, 1.165) is 30.5 Å². The molecule has 1 aromatic heterocycles. The molecule has 1 saturated heterocycles. The smallest absolute Gasteiger partial charge is 0.226 e. The molecule has 5 nitrogen and oxygen atoms in total. The summed E-state index contributed by atoms with van der Waals surface area (Å²) in [5, 5.41) is 0. The number of morpholine rings is 1. The van der Waals surface area contributed by atoms with Gasteiger partial charge in [0.1, 0.15) is 0 Å². The minimum Gasteiger partial charge on any atom is -0.377 e. The summed E-state index contributed by atoms with van der Waals surface area (Å²) in [7, 11) is 0. The van der Waals surface area contributed by atoms with Gasteiger partial charge < -0.3 is 15.4 Å².